The number of amides is 1. The quantitative estimate of drug-likeness (QED) is 0.288. The molecule has 2 N–H and O–H groups in total. The van der Waals surface area contributed by atoms with E-state index in [0.717, 1.165) is 11.6 Å². The largest absolute Gasteiger partial charge is 0.416 e. The Balaban J connectivity index is 1.29. The van der Waals surface area contributed by atoms with E-state index in [9.17, 15) is 18.0 Å². The smallest absolute Gasteiger partial charge is 0.368 e. The molecule has 0 unspecified atom stereocenters. The third-order valence-corrected chi connectivity index (χ3v) is 7.31. The lowest BCUT2D eigenvalue weighted by atomic mass is 10.1. The molecule has 3 heterocycles. The van der Waals surface area contributed by atoms with Gasteiger partial charge in [-0.25, -0.2) is 4.98 Å². The number of piperazine rings is 1. The Kier molecular flexibility index (Phi) is 8.21. The van der Waals surface area contributed by atoms with Crippen molar-refractivity contribution in [2.45, 2.75) is 26.4 Å². The molecule has 2 aromatic heterocycles. The van der Waals surface area contributed by atoms with E-state index in [0.29, 0.717) is 72.4 Å². The third-order valence-electron chi connectivity index (χ3n) is 6.99. The number of hydrogen-bond donors (Lipinski definition) is 2. The van der Waals surface area contributed by atoms with Gasteiger partial charge in [0, 0.05) is 45.3 Å². The molecule has 4 aromatic rings. The standard InChI is InChI=1S/C28H29ClF3N9O/c1-4-22-34-25(37-26-33-16-21(39(26)3)24(42)36-23-17(2)7-5-10-20(23)29)38-27(35-22)41-13-11-40(12-14-41)19-9-6-8-18(15-19)28(30,31)32/h5-10,15-16H,4,11-14H2,1-3H3,(H,36,42)(H,33,34,35,37,38). The SMILES string of the molecule is CCc1nc(Nc2ncc(C(=O)Nc3c(C)cccc3Cl)n2C)nc(N2CCN(c3cccc(C(F)(F)F)c3)CC2)n1. The number of anilines is 5. The summed E-state index contributed by atoms with van der Waals surface area (Å²) in [5, 5.41) is 6.36. The van der Waals surface area contributed by atoms with Crippen LogP contribution >= 0.6 is 11.6 Å². The average molecular weight is 600 g/mol. The lowest BCUT2D eigenvalue weighted by Gasteiger charge is -2.36. The molecule has 220 valence electrons. The summed E-state index contributed by atoms with van der Waals surface area (Å²) < 4.78 is 41.1. The molecule has 1 saturated heterocycles. The number of halogens is 4. The molecule has 1 fully saturated rings. The number of nitrogens with zero attached hydrogens (tertiary/aromatic N) is 7. The number of aryl methyl sites for hydroxylation is 2. The van der Waals surface area contributed by atoms with Crippen molar-refractivity contribution in [1.29, 1.82) is 0 Å². The van der Waals surface area contributed by atoms with Gasteiger partial charge in [-0.1, -0.05) is 36.7 Å². The summed E-state index contributed by atoms with van der Waals surface area (Å²) >= 11 is 6.26. The van der Waals surface area contributed by atoms with Crippen LogP contribution in [0.25, 0.3) is 0 Å². The number of carbonyl (C=O) groups is 1. The van der Waals surface area contributed by atoms with Gasteiger partial charge in [-0.2, -0.15) is 28.1 Å². The van der Waals surface area contributed by atoms with Crippen LogP contribution in [0.5, 0.6) is 0 Å². The number of benzene rings is 2. The summed E-state index contributed by atoms with van der Waals surface area (Å²) in [6, 6.07) is 10.7. The first kappa shape index (κ1) is 29.1. The monoisotopic (exact) mass is 599 g/mol. The Morgan fingerprint density at radius 1 is 1.02 bits per heavy atom. The van der Waals surface area contributed by atoms with Crippen LogP contribution in [0.4, 0.5) is 42.4 Å². The Hall–Kier alpha value is -4.39. The fourth-order valence-corrected chi connectivity index (χ4v) is 4.88. The third kappa shape index (κ3) is 6.25. The summed E-state index contributed by atoms with van der Waals surface area (Å²) in [6.45, 7) is 5.80. The molecule has 42 heavy (non-hydrogen) atoms. The molecule has 0 atom stereocenters. The highest BCUT2D eigenvalue weighted by Crippen LogP contribution is 2.32. The Bertz CT molecular complexity index is 1580. The maximum absolute atomic E-state index is 13.2. The summed E-state index contributed by atoms with van der Waals surface area (Å²) in [5.41, 5.74) is 1.51. The van der Waals surface area contributed by atoms with Crippen molar-refractivity contribution in [2.24, 2.45) is 7.05 Å². The van der Waals surface area contributed by atoms with Gasteiger partial charge in [-0.3, -0.25) is 10.1 Å². The molecule has 0 aliphatic carbocycles. The van der Waals surface area contributed by atoms with E-state index >= 15 is 0 Å². The van der Waals surface area contributed by atoms with E-state index in [2.05, 4.69) is 30.6 Å². The second kappa shape index (κ2) is 11.8. The number of carbonyl (C=O) groups excluding carboxylic acids is 1. The molecule has 1 aliphatic heterocycles. The summed E-state index contributed by atoms with van der Waals surface area (Å²) in [5.74, 6) is 1.25. The zero-order chi connectivity index (χ0) is 30.0. The zero-order valence-corrected chi connectivity index (χ0v) is 24.0. The Morgan fingerprint density at radius 3 is 2.43 bits per heavy atom. The predicted octanol–water partition coefficient (Wildman–Crippen LogP) is 5.47. The molecule has 10 nitrogen and oxygen atoms in total. The number of imidazole rings is 1. The van der Waals surface area contributed by atoms with Gasteiger partial charge in [0.05, 0.1) is 22.5 Å². The van der Waals surface area contributed by atoms with Crippen LogP contribution in [0.2, 0.25) is 5.02 Å². The molecular formula is C28H29ClF3N9O. The van der Waals surface area contributed by atoms with Gasteiger partial charge in [0.2, 0.25) is 17.8 Å². The molecule has 2 aromatic carbocycles. The first-order chi connectivity index (χ1) is 20.0. The minimum Gasteiger partial charge on any atom is -0.368 e. The molecule has 0 spiro atoms. The van der Waals surface area contributed by atoms with E-state index in [1.807, 2.05) is 35.8 Å². The molecular weight excluding hydrogens is 571 g/mol. The summed E-state index contributed by atoms with van der Waals surface area (Å²) in [6.07, 6.45) is -2.39. The second-order valence-corrected chi connectivity index (χ2v) is 10.2. The van der Waals surface area contributed by atoms with Crippen LogP contribution in [-0.4, -0.2) is 56.6 Å². The number of para-hydroxylation sites is 1. The molecule has 1 aliphatic rings. The van der Waals surface area contributed by atoms with Crippen molar-refractivity contribution in [2.75, 3.05) is 46.6 Å². The van der Waals surface area contributed by atoms with Crippen molar-refractivity contribution in [3.05, 3.63) is 76.3 Å². The minimum absolute atomic E-state index is 0.264. The normalized spacial score (nSPS) is 13.8. The van der Waals surface area contributed by atoms with Gasteiger partial charge in [0.25, 0.3) is 5.91 Å². The molecule has 0 radical (unpaired) electrons. The van der Waals surface area contributed by atoms with Crippen molar-refractivity contribution in [3.8, 4) is 0 Å². The first-order valence-electron chi connectivity index (χ1n) is 13.3. The molecule has 1 amide bonds. The van der Waals surface area contributed by atoms with E-state index in [-0.39, 0.29) is 11.9 Å². The highest BCUT2D eigenvalue weighted by molar-refractivity contribution is 6.34. The Morgan fingerprint density at radius 2 is 1.74 bits per heavy atom. The van der Waals surface area contributed by atoms with E-state index in [1.54, 1.807) is 23.7 Å². The van der Waals surface area contributed by atoms with Crippen LogP contribution in [0.3, 0.4) is 0 Å². The van der Waals surface area contributed by atoms with E-state index < -0.39 is 11.7 Å². The Labute approximate surface area is 245 Å². The fraction of sp³-hybridized carbons (Fsp3) is 0.321. The van der Waals surface area contributed by atoms with Crippen LogP contribution < -0.4 is 20.4 Å². The topological polar surface area (TPSA) is 104 Å². The highest BCUT2D eigenvalue weighted by atomic mass is 35.5. The first-order valence-corrected chi connectivity index (χ1v) is 13.7. The van der Waals surface area contributed by atoms with Crippen molar-refractivity contribution < 1.29 is 18.0 Å². The summed E-state index contributed by atoms with van der Waals surface area (Å²) in [4.78, 5) is 34.9. The highest BCUT2D eigenvalue weighted by Gasteiger charge is 2.31. The van der Waals surface area contributed by atoms with Crippen molar-refractivity contribution in [1.82, 2.24) is 24.5 Å². The van der Waals surface area contributed by atoms with Crippen molar-refractivity contribution in [3.63, 3.8) is 0 Å². The van der Waals surface area contributed by atoms with Gasteiger partial charge in [0.1, 0.15) is 11.5 Å². The molecule has 5 rings (SSSR count). The van der Waals surface area contributed by atoms with Crippen molar-refractivity contribution >= 4 is 46.7 Å². The van der Waals surface area contributed by atoms with Crippen LogP contribution in [0.1, 0.15) is 34.4 Å². The number of nitrogens with one attached hydrogen (secondary N) is 2. The maximum atomic E-state index is 13.2. The van der Waals surface area contributed by atoms with Gasteiger partial charge >= 0.3 is 6.18 Å². The molecule has 0 saturated carbocycles. The lowest BCUT2D eigenvalue weighted by molar-refractivity contribution is -0.137. The minimum atomic E-state index is -4.39. The number of aromatic nitrogens is 5. The fourth-order valence-electron chi connectivity index (χ4n) is 4.61. The predicted molar refractivity (Wildman–Crippen MR) is 156 cm³/mol. The number of rotatable bonds is 7. The number of hydrogen-bond acceptors (Lipinski definition) is 8. The summed E-state index contributed by atoms with van der Waals surface area (Å²) in [7, 11) is 1.69. The maximum Gasteiger partial charge on any atom is 0.416 e. The lowest BCUT2D eigenvalue weighted by Crippen LogP contribution is -2.47. The van der Waals surface area contributed by atoms with Gasteiger partial charge < -0.3 is 19.7 Å². The average Bonchev–Trinajstić information content (AvgIpc) is 3.34. The second-order valence-electron chi connectivity index (χ2n) is 9.79. The van der Waals surface area contributed by atoms with E-state index in [1.165, 1.54) is 18.3 Å². The number of alkyl halides is 3. The molecule has 0 bridgehead atoms. The zero-order valence-electron chi connectivity index (χ0n) is 23.2. The van der Waals surface area contributed by atoms with Gasteiger partial charge in [0.15, 0.2) is 0 Å². The van der Waals surface area contributed by atoms with E-state index in [4.69, 9.17) is 11.6 Å². The van der Waals surface area contributed by atoms with Gasteiger partial charge in [-0.15, -0.1) is 0 Å². The van der Waals surface area contributed by atoms with Crippen LogP contribution in [0.15, 0.2) is 48.7 Å². The van der Waals surface area contributed by atoms with Gasteiger partial charge in [-0.05, 0) is 36.8 Å². The van der Waals surface area contributed by atoms with Crippen LogP contribution in [-0.2, 0) is 19.6 Å². The molecule has 14 heteroatoms. The van der Waals surface area contributed by atoms with Crippen LogP contribution in [0, 0.1) is 6.92 Å².